The van der Waals surface area contributed by atoms with E-state index in [2.05, 4.69) is 20.6 Å². The van der Waals surface area contributed by atoms with Crippen LogP contribution in [-0.4, -0.2) is 9.97 Å². The summed E-state index contributed by atoms with van der Waals surface area (Å²) in [6.07, 6.45) is -3.00. The van der Waals surface area contributed by atoms with Crippen LogP contribution in [0.15, 0.2) is 60.8 Å². The van der Waals surface area contributed by atoms with Gasteiger partial charge in [0.15, 0.2) is 0 Å². The average molecular weight is 379 g/mol. The van der Waals surface area contributed by atoms with Crippen molar-refractivity contribution in [2.75, 3.05) is 10.6 Å². The Morgan fingerprint density at radius 2 is 1.69 bits per heavy atom. The zero-order chi connectivity index (χ0) is 18.6. The fourth-order valence-corrected chi connectivity index (χ4v) is 2.51. The number of nitrogens with zero attached hydrogens (tertiary/aromatic N) is 2. The van der Waals surface area contributed by atoms with Crippen LogP contribution in [0.25, 0.3) is 0 Å². The van der Waals surface area contributed by atoms with Crippen LogP contribution < -0.4 is 10.6 Å². The van der Waals surface area contributed by atoms with Crippen molar-refractivity contribution >= 4 is 29.1 Å². The highest BCUT2D eigenvalue weighted by atomic mass is 35.5. The first-order valence-electron chi connectivity index (χ1n) is 7.67. The second-order valence-electron chi connectivity index (χ2n) is 5.38. The normalized spacial score (nSPS) is 11.2. The van der Waals surface area contributed by atoms with E-state index in [1.54, 1.807) is 6.07 Å². The molecule has 0 aliphatic carbocycles. The van der Waals surface area contributed by atoms with Crippen LogP contribution >= 0.6 is 11.6 Å². The molecule has 134 valence electrons. The fourth-order valence-electron chi connectivity index (χ4n) is 2.31. The van der Waals surface area contributed by atoms with Crippen molar-refractivity contribution in [2.24, 2.45) is 0 Å². The first-order chi connectivity index (χ1) is 12.4. The Morgan fingerprint density at radius 1 is 0.962 bits per heavy atom. The van der Waals surface area contributed by atoms with Crippen molar-refractivity contribution in [3.05, 3.63) is 76.9 Å². The third kappa shape index (κ3) is 4.43. The summed E-state index contributed by atoms with van der Waals surface area (Å²) >= 11 is 6.09. The molecule has 0 unspecified atom stereocenters. The lowest BCUT2D eigenvalue weighted by Crippen LogP contribution is -2.10. The Balaban J connectivity index is 1.75. The Labute approximate surface area is 153 Å². The Bertz CT molecular complexity index is 899. The largest absolute Gasteiger partial charge is 0.418 e. The van der Waals surface area contributed by atoms with Crippen LogP contribution in [0.5, 0.6) is 0 Å². The van der Waals surface area contributed by atoms with E-state index < -0.39 is 11.7 Å². The monoisotopic (exact) mass is 378 g/mol. The molecule has 0 saturated heterocycles. The molecule has 1 aromatic heterocycles. The molecule has 0 fully saturated rings. The van der Waals surface area contributed by atoms with E-state index in [-0.39, 0.29) is 17.5 Å². The molecule has 3 aromatic rings. The summed E-state index contributed by atoms with van der Waals surface area (Å²) < 4.78 is 39.2. The Morgan fingerprint density at radius 3 is 2.46 bits per heavy atom. The predicted molar refractivity (Wildman–Crippen MR) is 95.5 cm³/mol. The van der Waals surface area contributed by atoms with E-state index in [1.807, 2.05) is 18.2 Å². The molecule has 0 atom stereocenters. The highest BCUT2D eigenvalue weighted by molar-refractivity contribution is 6.31. The number of halogens is 4. The van der Waals surface area contributed by atoms with Gasteiger partial charge in [0.1, 0.15) is 5.82 Å². The number of benzene rings is 2. The molecule has 0 aliphatic rings. The minimum absolute atomic E-state index is 0.0734. The molecule has 8 heteroatoms. The lowest BCUT2D eigenvalue weighted by atomic mass is 10.1. The van der Waals surface area contributed by atoms with Crippen LogP contribution in [0.1, 0.15) is 11.1 Å². The zero-order valence-electron chi connectivity index (χ0n) is 13.4. The summed E-state index contributed by atoms with van der Waals surface area (Å²) in [6.45, 7) is 0.391. The number of alkyl halides is 3. The van der Waals surface area contributed by atoms with E-state index in [0.717, 1.165) is 11.6 Å². The lowest BCUT2D eigenvalue weighted by Gasteiger charge is -2.14. The SMILES string of the molecule is FC(F)(F)c1ccccc1Nc1ccnc(NCc2ccccc2Cl)n1. The molecule has 3 rings (SSSR count). The van der Waals surface area contributed by atoms with Crippen molar-refractivity contribution in [1.82, 2.24) is 9.97 Å². The first-order valence-corrected chi connectivity index (χ1v) is 8.05. The molecule has 0 amide bonds. The van der Waals surface area contributed by atoms with Crippen molar-refractivity contribution < 1.29 is 13.2 Å². The minimum atomic E-state index is -4.46. The number of hydrogen-bond acceptors (Lipinski definition) is 4. The average Bonchev–Trinajstić information content (AvgIpc) is 2.61. The van der Waals surface area contributed by atoms with Crippen LogP contribution in [0, 0.1) is 0 Å². The molecule has 0 radical (unpaired) electrons. The lowest BCUT2D eigenvalue weighted by molar-refractivity contribution is -0.136. The van der Waals surface area contributed by atoms with Gasteiger partial charge in [-0.1, -0.05) is 41.9 Å². The fraction of sp³-hybridized carbons (Fsp3) is 0.111. The third-order valence-electron chi connectivity index (χ3n) is 3.55. The summed E-state index contributed by atoms with van der Waals surface area (Å²) in [5.74, 6) is 0.526. The molecule has 0 aliphatic heterocycles. The van der Waals surface area contributed by atoms with Gasteiger partial charge >= 0.3 is 6.18 Å². The predicted octanol–water partition coefficient (Wildman–Crippen LogP) is 5.50. The Hall–Kier alpha value is -2.80. The second-order valence-corrected chi connectivity index (χ2v) is 5.79. The zero-order valence-corrected chi connectivity index (χ0v) is 14.1. The van der Waals surface area contributed by atoms with Gasteiger partial charge in [0.05, 0.1) is 11.3 Å². The highest BCUT2D eigenvalue weighted by Crippen LogP contribution is 2.35. The number of nitrogens with one attached hydrogen (secondary N) is 2. The van der Waals surface area contributed by atoms with Crippen LogP contribution in [0.4, 0.5) is 30.6 Å². The standard InChI is InChI=1S/C18H14ClF3N4/c19-14-7-3-1-5-12(14)11-24-17-23-10-9-16(26-17)25-15-8-4-2-6-13(15)18(20,21)22/h1-10H,11H2,(H2,23,24,25,26). The summed E-state index contributed by atoms with van der Waals surface area (Å²) in [5, 5.41) is 6.30. The minimum Gasteiger partial charge on any atom is -0.350 e. The number of rotatable bonds is 5. The maximum Gasteiger partial charge on any atom is 0.418 e. The van der Waals surface area contributed by atoms with Gasteiger partial charge in [-0.05, 0) is 29.8 Å². The molecule has 0 bridgehead atoms. The molecule has 1 heterocycles. The quantitative estimate of drug-likeness (QED) is 0.615. The molecule has 2 N–H and O–H groups in total. The van der Waals surface area contributed by atoms with Crippen LogP contribution in [-0.2, 0) is 12.7 Å². The van der Waals surface area contributed by atoms with Crippen LogP contribution in [0.2, 0.25) is 5.02 Å². The van der Waals surface area contributed by atoms with E-state index in [4.69, 9.17) is 11.6 Å². The van der Waals surface area contributed by atoms with Gasteiger partial charge in [-0.25, -0.2) is 4.98 Å². The molecular weight excluding hydrogens is 365 g/mol. The van der Waals surface area contributed by atoms with Crippen molar-refractivity contribution in [3.8, 4) is 0 Å². The summed E-state index contributed by atoms with van der Waals surface area (Å²) in [4.78, 5) is 8.26. The smallest absolute Gasteiger partial charge is 0.350 e. The number of anilines is 3. The number of para-hydroxylation sites is 1. The van der Waals surface area contributed by atoms with Crippen molar-refractivity contribution in [2.45, 2.75) is 12.7 Å². The highest BCUT2D eigenvalue weighted by Gasteiger charge is 2.33. The van der Waals surface area contributed by atoms with Crippen molar-refractivity contribution in [1.29, 1.82) is 0 Å². The molecule has 0 spiro atoms. The van der Waals surface area contributed by atoms with E-state index in [9.17, 15) is 13.2 Å². The maximum absolute atomic E-state index is 13.1. The summed E-state index contributed by atoms with van der Waals surface area (Å²) in [5.41, 5.74) is 0.0264. The molecule has 2 aromatic carbocycles. The first kappa shape index (κ1) is 18.0. The topological polar surface area (TPSA) is 49.8 Å². The van der Waals surface area contributed by atoms with E-state index in [0.29, 0.717) is 11.6 Å². The van der Waals surface area contributed by atoms with E-state index >= 15 is 0 Å². The second kappa shape index (κ2) is 7.61. The number of aromatic nitrogens is 2. The van der Waals surface area contributed by atoms with E-state index in [1.165, 1.54) is 30.5 Å². The van der Waals surface area contributed by atoms with Gasteiger partial charge < -0.3 is 10.6 Å². The molecular formula is C18H14ClF3N4. The summed E-state index contributed by atoms with van der Waals surface area (Å²) in [7, 11) is 0. The third-order valence-corrected chi connectivity index (χ3v) is 3.91. The molecule has 0 saturated carbocycles. The van der Waals surface area contributed by atoms with Crippen molar-refractivity contribution in [3.63, 3.8) is 0 Å². The van der Waals surface area contributed by atoms with Gasteiger partial charge in [0, 0.05) is 17.8 Å². The van der Waals surface area contributed by atoms with Gasteiger partial charge in [-0.15, -0.1) is 0 Å². The van der Waals surface area contributed by atoms with Gasteiger partial charge in [0.25, 0.3) is 0 Å². The van der Waals surface area contributed by atoms with Crippen LogP contribution in [0.3, 0.4) is 0 Å². The molecule has 26 heavy (non-hydrogen) atoms. The van der Waals surface area contributed by atoms with Gasteiger partial charge in [-0.3, -0.25) is 0 Å². The number of hydrogen-bond donors (Lipinski definition) is 2. The van der Waals surface area contributed by atoms with Gasteiger partial charge in [0.2, 0.25) is 5.95 Å². The molecule has 4 nitrogen and oxygen atoms in total. The van der Waals surface area contributed by atoms with Gasteiger partial charge in [-0.2, -0.15) is 18.2 Å². The maximum atomic E-state index is 13.1. The Kier molecular flexibility index (Phi) is 5.27. The summed E-state index contributed by atoms with van der Waals surface area (Å²) in [6, 6.07) is 14.0.